The van der Waals surface area contributed by atoms with Crippen LogP contribution in [0.5, 0.6) is 5.75 Å². The summed E-state index contributed by atoms with van der Waals surface area (Å²) in [5, 5.41) is 10.4. The van der Waals surface area contributed by atoms with Crippen LogP contribution < -0.4 is 25.6 Å². The van der Waals surface area contributed by atoms with Gasteiger partial charge in [0.25, 0.3) is 0 Å². The van der Waals surface area contributed by atoms with Crippen LogP contribution >= 0.6 is 35.2 Å². The quantitative estimate of drug-likeness (QED) is 0.168. The van der Waals surface area contributed by atoms with E-state index in [-0.39, 0.29) is 7.92 Å². The van der Waals surface area contributed by atoms with Gasteiger partial charge in [0.2, 0.25) is 5.95 Å². The van der Waals surface area contributed by atoms with E-state index in [0.29, 0.717) is 17.8 Å². The lowest BCUT2D eigenvalue weighted by Crippen LogP contribution is -2.52. The first-order valence-corrected chi connectivity index (χ1v) is 19.9. The fourth-order valence-corrected chi connectivity index (χ4v) is 8.26. The molecule has 12 heteroatoms. The molecule has 0 amide bonds. The third-order valence-electron chi connectivity index (χ3n) is 9.09. The van der Waals surface area contributed by atoms with E-state index < -0.39 is 0 Å². The van der Waals surface area contributed by atoms with Crippen LogP contribution in [0.1, 0.15) is 25.3 Å². The maximum absolute atomic E-state index is 5.92. The number of nitrogens with one attached hydrogen (secondary N) is 2. The number of aryl methyl sites for hydroxylation is 1. The molecule has 2 aromatic heterocycles. The normalized spacial score (nSPS) is 16.6. The molecule has 0 saturated carbocycles. The minimum absolute atomic E-state index is 0.377. The molecule has 2 aliphatic heterocycles. The fourth-order valence-electron chi connectivity index (χ4n) is 6.40. The topological polar surface area (TPSA) is 81.7 Å². The Balaban J connectivity index is 1.19. The van der Waals surface area contributed by atoms with Gasteiger partial charge in [0.1, 0.15) is 11.6 Å². The van der Waals surface area contributed by atoms with E-state index in [2.05, 4.69) is 114 Å². The van der Waals surface area contributed by atoms with E-state index in [1.807, 2.05) is 5.51 Å². The van der Waals surface area contributed by atoms with Crippen LogP contribution in [0.25, 0.3) is 11.3 Å². The van der Waals surface area contributed by atoms with Gasteiger partial charge < -0.3 is 25.2 Å². The minimum Gasteiger partial charge on any atom is -0.494 e. The number of piperazine rings is 1. The van der Waals surface area contributed by atoms with Crippen LogP contribution in [-0.4, -0.2) is 97.5 Å². The number of hydrogen-bond acceptors (Lipinski definition) is 10. The smallest absolute Gasteiger partial charge is 0.229 e. The third-order valence-corrected chi connectivity index (χ3v) is 11.6. The number of anilines is 5. The number of piperidine rings is 1. The summed E-state index contributed by atoms with van der Waals surface area (Å²) in [5.74, 6) is 1.99. The first kappa shape index (κ1) is 33.1. The standard InChI is InChI=1S/C34H44BrN8OPS/c1-6-23-17-28(31(44-3)19-30(23)43-11-9-25(10-12-43)42-15-13-41(2)14-16-42)39-34-36-20-26(35)33(40-34)38-27-8-7-24(18-32(27)45(4)5)29-21-46-22-37-29/h7-8,17-22,25H,6,9-16H2,1-5H3,(H2,36,38,39,40). The lowest BCUT2D eigenvalue weighted by molar-refractivity contribution is 0.0982. The largest absolute Gasteiger partial charge is 0.494 e. The lowest BCUT2D eigenvalue weighted by Gasteiger charge is -2.43. The Kier molecular flexibility index (Phi) is 10.8. The first-order chi connectivity index (χ1) is 22.3. The molecule has 2 saturated heterocycles. The van der Waals surface area contributed by atoms with E-state index in [0.717, 1.165) is 52.4 Å². The van der Waals surface area contributed by atoms with Crippen molar-refractivity contribution in [1.82, 2.24) is 24.8 Å². The number of hydrogen-bond donors (Lipinski definition) is 2. The minimum atomic E-state index is -0.377. The van der Waals surface area contributed by atoms with Crippen LogP contribution in [0.2, 0.25) is 0 Å². The van der Waals surface area contributed by atoms with E-state index in [1.54, 1.807) is 24.6 Å². The van der Waals surface area contributed by atoms with Crippen molar-refractivity contribution in [3.63, 3.8) is 0 Å². The molecule has 0 radical (unpaired) electrons. The number of methoxy groups -OCH3 is 1. The summed E-state index contributed by atoms with van der Waals surface area (Å²) in [6.45, 7) is 13.6. The number of aromatic nitrogens is 3. The molecule has 2 aromatic carbocycles. The summed E-state index contributed by atoms with van der Waals surface area (Å²) in [7, 11) is 3.58. The summed E-state index contributed by atoms with van der Waals surface area (Å²) in [6.07, 6.45) is 5.11. The molecule has 244 valence electrons. The molecule has 0 spiro atoms. The highest BCUT2D eigenvalue weighted by Gasteiger charge is 2.28. The molecule has 0 unspecified atom stereocenters. The molecule has 2 N–H and O–H groups in total. The van der Waals surface area contributed by atoms with E-state index in [1.165, 1.54) is 55.6 Å². The Morgan fingerprint density at radius 1 is 1.00 bits per heavy atom. The Labute approximate surface area is 286 Å². The van der Waals surface area contributed by atoms with Gasteiger partial charge in [-0.3, -0.25) is 4.90 Å². The maximum atomic E-state index is 5.92. The van der Waals surface area contributed by atoms with Gasteiger partial charge in [-0.15, -0.1) is 11.3 Å². The molecule has 0 aliphatic carbocycles. The molecule has 9 nitrogen and oxygen atoms in total. The Morgan fingerprint density at radius 2 is 1.78 bits per heavy atom. The monoisotopic (exact) mass is 722 g/mol. The number of nitrogens with zero attached hydrogens (tertiary/aromatic N) is 6. The lowest BCUT2D eigenvalue weighted by atomic mass is 9.99. The van der Waals surface area contributed by atoms with Gasteiger partial charge in [0.05, 0.1) is 28.5 Å². The molecule has 2 fully saturated rings. The third kappa shape index (κ3) is 7.50. The van der Waals surface area contributed by atoms with Crippen LogP contribution in [0.3, 0.4) is 0 Å². The van der Waals surface area contributed by atoms with Crippen LogP contribution in [0.4, 0.5) is 28.8 Å². The fraction of sp³-hybridized carbons (Fsp3) is 0.441. The van der Waals surface area contributed by atoms with Gasteiger partial charge in [0, 0.05) is 79.9 Å². The first-order valence-electron chi connectivity index (χ1n) is 16.0. The number of ether oxygens (including phenoxy) is 1. The van der Waals surface area contributed by atoms with E-state index in [9.17, 15) is 0 Å². The van der Waals surface area contributed by atoms with Crippen molar-refractivity contribution in [3.8, 4) is 17.0 Å². The van der Waals surface area contributed by atoms with Gasteiger partial charge in [-0.2, -0.15) is 4.98 Å². The molecular weight excluding hydrogens is 679 g/mol. The van der Waals surface area contributed by atoms with Crippen molar-refractivity contribution < 1.29 is 4.74 Å². The molecule has 0 bridgehead atoms. The van der Waals surface area contributed by atoms with Crippen LogP contribution in [0.15, 0.2) is 51.9 Å². The van der Waals surface area contributed by atoms with Crippen molar-refractivity contribution >= 4 is 69.3 Å². The molecule has 4 heterocycles. The maximum Gasteiger partial charge on any atom is 0.229 e. The number of thiazole rings is 1. The second-order valence-corrected chi connectivity index (χ2v) is 16.1. The molecular formula is C34H44BrN8OPS. The Hall–Kier alpha value is -2.82. The molecule has 6 rings (SSSR count). The predicted molar refractivity (Wildman–Crippen MR) is 199 cm³/mol. The van der Waals surface area contributed by atoms with E-state index >= 15 is 0 Å². The van der Waals surface area contributed by atoms with Gasteiger partial charge in [-0.05, 0) is 84.6 Å². The van der Waals surface area contributed by atoms with E-state index in [4.69, 9.17) is 9.72 Å². The summed E-state index contributed by atoms with van der Waals surface area (Å²) in [6, 6.07) is 11.6. The summed E-state index contributed by atoms with van der Waals surface area (Å²) in [4.78, 5) is 21.7. The molecule has 0 atom stereocenters. The Bertz CT molecular complexity index is 1620. The van der Waals surface area contributed by atoms with Gasteiger partial charge in [-0.1, -0.05) is 20.9 Å². The molecule has 4 aromatic rings. The Morgan fingerprint density at radius 3 is 2.46 bits per heavy atom. The highest BCUT2D eigenvalue weighted by molar-refractivity contribution is 9.10. The summed E-state index contributed by atoms with van der Waals surface area (Å²) >= 11 is 5.28. The van der Waals surface area contributed by atoms with Crippen LogP contribution in [-0.2, 0) is 6.42 Å². The zero-order chi connectivity index (χ0) is 32.2. The molecule has 2 aliphatic rings. The number of rotatable bonds is 10. The van der Waals surface area contributed by atoms with Crippen molar-refractivity contribution in [2.24, 2.45) is 0 Å². The predicted octanol–water partition coefficient (Wildman–Crippen LogP) is 7.00. The van der Waals surface area contributed by atoms with Crippen LogP contribution in [0, 0.1) is 0 Å². The van der Waals surface area contributed by atoms with Crippen molar-refractivity contribution in [2.75, 3.05) is 82.3 Å². The average Bonchev–Trinajstić information content (AvgIpc) is 3.62. The summed E-state index contributed by atoms with van der Waals surface area (Å²) in [5.41, 5.74) is 8.47. The van der Waals surface area contributed by atoms with Gasteiger partial charge >= 0.3 is 0 Å². The highest BCUT2D eigenvalue weighted by atomic mass is 79.9. The van der Waals surface area contributed by atoms with Gasteiger partial charge in [0.15, 0.2) is 0 Å². The zero-order valence-electron chi connectivity index (χ0n) is 27.4. The van der Waals surface area contributed by atoms with Crippen molar-refractivity contribution in [3.05, 3.63) is 57.5 Å². The number of likely N-dealkylation sites (N-methyl/N-ethyl adjacent to an activating group) is 1. The SMILES string of the molecule is CCc1cc(Nc2ncc(Br)c(Nc3ccc(-c4cscn4)cc3P(C)C)n2)c(OC)cc1N1CCC(N2CCN(C)CC2)CC1. The van der Waals surface area contributed by atoms with Crippen molar-refractivity contribution in [1.29, 1.82) is 0 Å². The second-order valence-electron chi connectivity index (χ2n) is 12.2. The summed E-state index contributed by atoms with van der Waals surface area (Å²) < 4.78 is 6.72. The average molecular weight is 724 g/mol. The van der Waals surface area contributed by atoms with Gasteiger partial charge in [-0.25, -0.2) is 9.97 Å². The zero-order valence-corrected chi connectivity index (χ0v) is 30.7. The second kappa shape index (κ2) is 14.9. The highest BCUT2D eigenvalue weighted by Crippen LogP contribution is 2.38. The number of benzene rings is 2. The number of halogens is 1. The molecule has 46 heavy (non-hydrogen) atoms. The van der Waals surface area contributed by atoms with Crippen molar-refractivity contribution in [2.45, 2.75) is 32.2 Å².